The molecule has 0 amide bonds. The van der Waals surface area contributed by atoms with Crippen molar-refractivity contribution in [2.75, 3.05) is 5.32 Å². The van der Waals surface area contributed by atoms with Crippen LogP contribution in [0.1, 0.15) is 35.6 Å². The third-order valence-electron chi connectivity index (χ3n) is 3.08. The minimum Gasteiger partial charge on any atom is -0.367 e. The molecule has 2 heterocycles. The molecule has 0 saturated heterocycles. The van der Waals surface area contributed by atoms with E-state index in [-0.39, 0.29) is 0 Å². The molecule has 0 bridgehead atoms. The van der Waals surface area contributed by atoms with E-state index in [1.54, 1.807) is 0 Å². The van der Waals surface area contributed by atoms with Gasteiger partial charge in [0.2, 0.25) is 0 Å². The highest BCUT2D eigenvalue weighted by Gasteiger charge is 2.12. The fourth-order valence-electron chi connectivity index (χ4n) is 2.17. The first-order chi connectivity index (χ1) is 9.60. The van der Waals surface area contributed by atoms with Gasteiger partial charge >= 0.3 is 0 Å². The molecule has 2 aromatic rings. The fourth-order valence-corrected chi connectivity index (χ4v) is 3.41. The van der Waals surface area contributed by atoms with Crippen molar-refractivity contribution in [3.05, 3.63) is 38.9 Å². The van der Waals surface area contributed by atoms with E-state index in [0.717, 1.165) is 30.6 Å². The molecular formula is C15H20ClN3S. The van der Waals surface area contributed by atoms with Gasteiger partial charge in [-0.05, 0) is 32.4 Å². The van der Waals surface area contributed by atoms with Gasteiger partial charge in [0.1, 0.15) is 17.3 Å². The van der Waals surface area contributed by atoms with Crippen LogP contribution in [-0.2, 0) is 12.8 Å². The Morgan fingerprint density at radius 2 is 2.15 bits per heavy atom. The summed E-state index contributed by atoms with van der Waals surface area (Å²) in [5.74, 6) is 0.868. The van der Waals surface area contributed by atoms with Gasteiger partial charge in [0.25, 0.3) is 0 Å². The molecule has 1 atom stereocenters. The number of halogens is 1. The lowest BCUT2D eigenvalue weighted by atomic mass is 10.1. The molecule has 20 heavy (non-hydrogen) atoms. The average Bonchev–Trinajstić information content (AvgIpc) is 2.79. The smallest absolute Gasteiger partial charge is 0.137 e. The first-order valence-corrected chi connectivity index (χ1v) is 8.10. The Morgan fingerprint density at radius 1 is 1.35 bits per heavy atom. The second-order valence-electron chi connectivity index (χ2n) is 5.00. The van der Waals surface area contributed by atoms with Gasteiger partial charge < -0.3 is 5.32 Å². The summed E-state index contributed by atoms with van der Waals surface area (Å²) in [6.07, 6.45) is 4.44. The number of nitrogens with one attached hydrogen (secondary N) is 1. The summed E-state index contributed by atoms with van der Waals surface area (Å²) in [7, 11) is 0. The van der Waals surface area contributed by atoms with Crippen LogP contribution in [-0.4, -0.2) is 16.0 Å². The van der Waals surface area contributed by atoms with Gasteiger partial charge in [0, 0.05) is 27.8 Å². The number of nitrogens with zero attached hydrogens (tertiary/aromatic N) is 2. The Morgan fingerprint density at radius 3 is 2.80 bits per heavy atom. The van der Waals surface area contributed by atoms with Crippen molar-refractivity contribution in [2.45, 2.75) is 46.1 Å². The summed E-state index contributed by atoms with van der Waals surface area (Å²) in [6, 6.07) is 4.67. The van der Waals surface area contributed by atoms with E-state index in [4.69, 9.17) is 11.6 Å². The zero-order chi connectivity index (χ0) is 14.5. The van der Waals surface area contributed by atoms with Gasteiger partial charge in [-0.2, -0.15) is 0 Å². The highest BCUT2D eigenvalue weighted by molar-refractivity contribution is 7.11. The average molecular weight is 310 g/mol. The molecule has 0 aliphatic heterocycles. The molecule has 0 aliphatic rings. The van der Waals surface area contributed by atoms with E-state index in [9.17, 15) is 0 Å². The lowest BCUT2D eigenvalue weighted by Gasteiger charge is -2.16. The number of aromatic nitrogens is 2. The maximum atomic E-state index is 6.17. The summed E-state index contributed by atoms with van der Waals surface area (Å²) < 4.78 is 0. The summed E-state index contributed by atoms with van der Waals surface area (Å²) in [6.45, 7) is 6.43. The van der Waals surface area contributed by atoms with Gasteiger partial charge in [-0.15, -0.1) is 11.3 Å². The van der Waals surface area contributed by atoms with E-state index >= 15 is 0 Å². The van der Waals surface area contributed by atoms with Gasteiger partial charge in [-0.1, -0.05) is 24.9 Å². The normalized spacial score (nSPS) is 12.4. The van der Waals surface area contributed by atoms with Crippen LogP contribution in [0.4, 0.5) is 5.82 Å². The molecule has 1 N–H and O–H groups in total. The van der Waals surface area contributed by atoms with Crippen LogP contribution in [0.15, 0.2) is 18.5 Å². The lowest BCUT2D eigenvalue weighted by Crippen LogP contribution is -2.19. The van der Waals surface area contributed by atoms with Crippen molar-refractivity contribution in [2.24, 2.45) is 0 Å². The third kappa shape index (κ3) is 3.93. The minimum absolute atomic E-state index is 0.314. The van der Waals surface area contributed by atoms with Crippen molar-refractivity contribution < 1.29 is 0 Å². The number of rotatable bonds is 6. The molecule has 0 saturated carbocycles. The van der Waals surface area contributed by atoms with E-state index in [1.165, 1.54) is 16.1 Å². The van der Waals surface area contributed by atoms with Crippen molar-refractivity contribution in [3.8, 4) is 0 Å². The highest BCUT2D eigenvalue weighted by Crippen LogP contribution is 2.23. The Labute approximate surface area is 129 Å². The third-order valence-corrected chi connectivity index (χ3v) is 4.43. The number of hydrogen-bond donors (Lipinski definition) is 1. The van der Waals surface area contributed by atoms with Crippen molar-refractivity contribution >= 4 is 28.8 Å². The summed E-state index contributed by atoms with van der Waals surface area (Å²) in [5.41, 5.74) is 1.02. The maximum Gasteiger partial charge on any atom is 0.137 e. The van der Waals surface area contributed by atoms with Gasteiger partial charge in [0.05, 0.1) is 0 Å². The van der Waals surface area contributed by atoms with E-state index in [2.05, 4.69) is 48.2 Å². The largest absolute Gasteiger partial charge is 0.367 e. The van der Waals surface area contributed by atoms with Crippen LogP contribution in [0.25, 0.3) is 0 Å². The van der Waals surface area contributed by atoms with Crippen LogP contribution < -0.4 is 5.32 Å². The highest BCUT2D eigenvalue weighted by atomic mass is 35.5. The number of thiophene rings is 1. The molecule has 0 fully saturated rings. The van der Waals surface area contributed by atoms with Crippen LogP contribution in [0.2, 0.25) is 5.15 Å². The number of aryl methyl sites for hydroxylation is 1. The number of anilines is 1. The van der Waals surface area contributed by atoms with E-state index in [0.29, 0.717) is 11.2 Å². The molecule has 3 nitrogen and oxygen atoms in total. The molecule has 0 aromatic carbocycles. The maximum absolute atomic E-state index is 6.17. The molecule has 1 unspecified atom stereocenters. The lowest BCUT2D eigenvalue weighted by molar-refractivity contribution is 0.785. The van der Waals surface area contributed by atoms with Crippen LogP contribution in [0.5, 0.6) is 0 Å². The SMILES string of the molecule is CCCc1c(Cl)ncnc1NC(C)Cc1ccc(C)s1. The molecule has 2 rings (SSSR count). The van der Waals surface area contributed by atoms with E-state index in [1.807, 2.05) is 11.3 Å². The summed E-state index contributed by atoms with van der Waals surface area (Å²) >= 11 is 8.01. The molecule has 2 aromatic heterocycles. The Kier molecular flexibility index (Phi) is 5.38. The zero-order valence-corrected chi connectivity index (χ0v) is 13.7. The van der Waals surface area contributed by atoms with Crippen molar-refractivity contribution in [3.63, 3.8) is 0 Å². The van der Waals surface area contributed by atoms with Crippen LogP contribution in [0, 0.1) is 6.92 Å². The second kappa shape index (κ2) is 7.04. The number of hydrogen-bond acceptors (Lipinski definition) is 4. The molecule has 108 valence electrons. The fraction of sp³-hybridized carbons (Fsp3) is 0.467. The minimum atomic E-state index is 0.314. The van der Waals surface area contributed by atoms with Crippen molar-refractivity contribution in [1.82, 2.24) is 9.97 Å². The molecule has 0 radical (unpaired) electrons. The summed E-state index contributed by atoms with van der Waals surface area (Å²) in [5, 5.41) is 4.02. The first-order valence-electron chi connectivity index (χ1n) is 6.91. The predicted octanol–water partition coefficient (Wildman–Crippen LogP) is 4.50. The predicted molar refractivity (Wildman–Crippen MR) is 86.9 cm³/mol. The van der Waals surface area contributed by atoms with Gasteiger partial charge in [-0.3, -0.25) is 0 Å². The zero-order valence-electron chi connectivity index (χ0n) is 12.1. The Hall–Kier alpha value is -1.13. The molecule has 0 aliphatic carbocycles. The molecule has 0 spiro atoms. The van der Waals surface area contributed by atoms with Gasteiger partial charge in [0.15, 0.2) is 0 Å². The van der Waals surface area contributed by atoms with Crippen molar-refractivity contribution in [1.29, 1.82) is 0 Å². The summed E-state index contributed by atoms with van der Waals surface area (Å²) in [4.78, 5) is 11.2. The molecule has 5 heteroatoms. The Bertz CT molecular complexity index is 568. The second-order valence-corrected chi connectivity index (χ2v) is 6.73. The Balaban J connectivity index is 2.07. The molecular weight excluding hydrogens is 290 g/mol. The topological polar surface area (TPSA) is 37.8 Å². The van der Waals surface area contributed by atoms with Gasteiger partial charge in [-0.25, -0.2) is 9.97 Å². The van der Waals surface area contributed by atoms with E-state index < -0.39 is 0 Å². The first kappa shape index (κ1) is 15.3. The van der Waals surface area contributed by atoms with Crippen LogP contribution in [0.3, 0.4) is 0 Å². The van der Waals surface area contributed by atoms with Crippen LogP contribution >= 0.6 is 22.9 Å². The standard InChI is InChI=1S/C15H20ClN3S/c1-4-5-13-14(16)17-9-18-15(13)19-10(2)8-12-7-6-11(3)20-12/h6-7,9-10H,4-5,8H2,1-3H3,(H,17,18,19). The monoisotopic (exact) mass is 309 g/mol. The quantitative estimate of drug-likeness (QED) is 0.799.